The molecule has 0 aliphatic carbocycles. The van der Waals surface area contributed by atoms with Crippen LogP contribution in [0.3, 0.4) is 0 Å². The Balaban J connectivity index is 1.69. The van der Waals surface area contributed by atoms with Gasteiger partial charge in [-0.1, -0.05) is 23.2 Å². The maximum absolute atomic E-state index is 13.4. The van der Waals surface area contributed by atoms with Gasteiger partial charge in [-0.15, -0.1) is 0 Å². The van der Waals surface area contributed by atoms with E-state index in [0.29, 0.717) is 27.6 Å². The average molecular weight is 457 g/mol. The zero-order chi connectivity index (χ0) is 22.1. The van der Waals surface area contributed by atoms with Gasteiger partial charge >= 0.3 is 6.09 Å². The van der Waals surface area contributed by atoms with Gasteiger partial charge in [0.25, 0.3) is 11.7 Å². The predicted molar refractivity (Wildman–Crippen MR) is 109 cm³/mol. The molecule has 3 rings (SSSR count). The zero-order valence-electron chi connectivity index (χ0n) is 16.2. The first kappa shape index (κ1) is 22.1. The van der Waals surface area contributed by atoms with Crippen molar-refractivity contribution < 1.29 is 28.6 Å². The summed E-state index contributed by atoms with van der Waals surface area (Å²) in [4.78, 5) is 26.2. The molecule has 30 heavy (non-hydrogen) atoms. The number of carbonyl (C=O) groups excluding carboxylic acids is 2. The molecule has 2 aromatic carbocycles. The van der Waals surface area contributed by atoms with Gasteiger partial charge < -0.3 is 24.8 Å². The number of halogens is 3. The Hall–Kier alpha value is -2.55. The lowest BCUT2D eigenvalue weighted by Crippen LogP contribution is -2.46. The van der Waals surface area contributed by atoms with E-state index in [1.54, 1.807) is 19.1 Å². The smallest absolute Gasteiger partial charge is 0.410 e. The Labute approximate surface area is 182 Å². The van der Waals surface area contributed by atoms with E-state index in [9.17, 15) is 19.1 Å². The summed E-state index contributed by atoms with van der Waals surface area (Å²) in [5, 5.41) is 13.6. The van der Waals surface area contributed by atoms with Gasteiger partial charge in [0.2, 0.25) is 0 Å². The van der Waals surface area contributed by atoms with Crippen molar-refractivity contribution in [2.75, 3.05) is 18.6 Å². The van der Waals surface area contributed by atoms with Crippen LogP contribution < -0.4 is 15.0 Å². The Morgan fingerprint density at radius 1 is 1.30 bits per heavy atom. The first-order chi connectivity index (χ1) is 14.1. The molecule has 2 aromatic rings. The SMILES string of the molecule is COc1cc(Cl)c(C)cc1N1CCC(O)(OC(=O)NCc2cc(F)cc(Cl)c2)C1=O. The molecule has 160 valence electrons. The molecule has 2 N–H and O–H groups in total. The van der Waals surface area contributed by atoms with Crippen LogP contribution in [0, 0.1) is 12.7 Å². The topological polar surface area (TPSA) is 88.1 Å². The normalized spacial score (nSPS) is 18.5. The van der Waals surface area contributed by atoms with Crippen molar-refractivity contribution in [3.8, 4) is 5.75 Å². The summed E-state index contributed by atoms with van der Waals surface area (Å²) in [6.07, 6.45) is -1.18. The van der Waals surface area contributed by atoms with E-state index in [-0.39, 0.29) is 24.5 Å². The minimum atomic E-state index is -2.35. The van der Waals surface area contributed by atoms with Crippen LogP contribution in [0.15, 0.2) is 30.3 Å². The Morgan fingerprint density at radius 3 is 2.70 bits per heavy atom. The number of nitrogens with zero attached hydrogens (tertiary/aromatic N) is 1. The average Bonchev–Trinajstić information content (AvgIpc) is 2.96. The third-order valence-electron chi connectivity index (χ3n) is 4.63. The van der Waals surface area contributed by atoms with Gasteiger partial charge in [-0.25, -0.2) is 9.18 Å². The standard InChI is InChI=1S/C20H19Cl2FN2O5/c1-11-5-16(17(29-2)9-15(11)22)25-4-3-20(28,18(25)26)30-19(27)24-10-12-6-13(21)8-14(23)7-12/h5-9,28H,3-4,10H2,1-2H3,(H,24,27). The highest BCUT2D eigenvalue weighted by Crippen LogP contribution is 2.38. The van der Waals surface area contributed by atoms with Crippen molar-refractivity contribution in [3.05, 3.63) is 57.3 Å². The summed E-state index contributed by atoms with van der Waals surface area (Å²) in [5.41, 5.74) is 1.51. The first-order valence-corrected chi connectivity index (χ1v) is 9.69. The molecule has 7 nitrogen and oxygen atoms in total. The lowest BCUT2D eigenvalue weighted by Gasteiger charge is -2.24. The molecule has 1 aliphatic rings. The fraction of sp³-hybridized carbons (Fsp3) is 0.300. The van der Waals surface area contributed by atoms with Crippen LogP contribution in [0.1, 0.15) is 17.5 Å². The summed E-state index contributed by atoms with van der Waals surface area (Å²) >= 11 is 11.9. The number of hydrogen-bond donors (Lipinski definition) is 2. The Morgan fingerprint density at radius 2 is 2.03 bits per heavy atom. The summed E-state index contributed by atoms with van der Waals surface area (Å²) in [6.45, 7) is 1.76. The quantitative estimate of drug-likeness (QED) is 0.667. The van der Waals surface area contributed by atoms with Gasteiger partial charge in [-0.05, 0) is 42.3 Å². The van der Waals surface area contributed by atoms with Gasteiger partial charge in [0.1, 0.15) is 11.6 Å². The van der Waals surface area contributed by atoms with Crippen LogP contribution in [0.2, 0.25) is 10.0 Å². The van der Waals surface area contributed by atoms with Crippen LogP contribution in [0.4, 0.5) is 14.9 Å². The number of hydrogen-bond acceptors (Lipinski definition) is 5. The number of carbonyl (C=O) groups is 2. The number of ether oxygens (including phenoxy) is 2. The van der Waals surface area contributed by atoms with Crippen molar-refractivity contribution in [2.24, 2.45) is 0 Å². The summed E-state index contributed by atoms with van der Waals surface area (Å²) in [7, 11) is 1.43. The molecule has 0 saturated carbocycles. The van der Waals surface area contributed by atoms with Crippen LogP contribution in [-0.4, -0.2) is 36.5 Å². The summed E-state index contributed by atoms with van der Waals surface area (Å²) in [6, 6.07) is 7.01. The molecule has 1 atom stereocenters. The number of aryl methyl sites for hydroxylation is 1. The second kappa shape index (κ2) is 8.67. The number of aliphatic hydroxyl groups is 1. The minimum absolute atomic E-state index is 0.0968. The monoisotopic (exact) mass is 456 g/mol. The molecule has 2 amide bonds. The van der Waals surface area contributed by atoms with Crippen molar-refractivity contribution in [3.63, 3.8) is 0 Å². The molecule has 1 aliphatic heterocycles. The number of nitrogens with one attached hydrogen (secondary N) is 1. The summed E-state index contributed by atoms with van der Waals surface area (Å²) in [5.74, 6) is -3.37. The third kappa shape index (κ3) is 4.61. The number of rotatable bonds is 5. The van der Waals surface area contributed by atoms with E-state index in [2.05, 4.69) is 5.32 Å². The van der Waals surface area contributed by atoms with Crippen LogP contribution in [-0.2, 0) is 16.1 Å². The van der Waals surface area contributed by atoms with Gasteiger partial charge in [0, 0.05) is 35.6 Å². The van der Waals surface area contributed by atoms with Crippen LogP contribution in [0.5, 0.6) is 5.75 Å². The molecule has 0 aromatic heterocycles. The molecule has 1 unspecified atom stereocenters. The molecule has 0 spiro atoms. The lowest BCUT2D eigenvalue weighted by molar-refractivity contribution is -0.175. The number of benzene rings is 2. The molecule has 0 radical (unpaired) electrons. The van der Waals surface area contributed by atoms with Gasteiger partial charge in [0.15, 0.2) is 0 Å². The van der Waals surface area contributed by atoms with E-state index in [1.165, 1.54) is 24.1 Å². The molecular weight excluding hydrogens is 438 g/mol. The van der Waals surface area contributed by atoms with Gasteiger partial charge in [-0.2, -0.15) is 0 Å². The van der Waals surface area contributed by atoms with Crippen molar-refractivity contribution in [1.29, 1.82) is 0 Å². The van der Waals surface area contributed by atoms with Crippen molar-refractivity contribution >= 4 is 40.9 Å². The van der Waals surface area contributed by atoms with E-state index in [4.69, 9.17) is 32.7 Å². The van der Waals surface area contributed by atoms with Crippen molar-refractivity contribution in [2.45, 2.75) is 25.7 Å². The lowest BCUT2D eigenvalue weighted by atomic mass is 10.2. The molecule has 1 heterocycles. The molecule has 1 fully saturated rings. The second-order valence-electron chi connectivity index (χ2n) is 6.79. The van der Waals surface area contributed by atoms with Crippen LogP contribution >= 0.6 is 23.2 Å². The molecule has 1 saturated heterocycles. The number of amides is 2. The molecular formula is C20H19Cl2FN2O5. The molecule has 10 heteroatoms. The largest absolute Gasteiger partial charge is 0.495 e. The molecule has 0 bridgehead atoms. The highest BCUT2D eigenvalue weighted by Gasteiger charge is 2.50. The van der Waals surface area contributed by atoms with E-state index >= 15 is 0 Å². The van der Waals surface area contributed by atoms with E-state index in [0.717, 1.165) is 6.07 Å². The maximum atomic E-state index is 13.4. The fourth-order valence-corrected chi connectivity index (χ4v) is 3.50. The maximum Gasteiger partial charge on any atom is 0.410 e. The number of methoxy groups -OCH3 is 1. The third-order valence-corrected chi connectivity index (χ3v) is 5.25. The second-order valence-corrected chi connectivity index (χ2v) is 7.63. The minimum Gasteiger partial charge on any atom is -0.495 e. The Bertz CT molecular complexity index is 983. The Kier molecular flexibility index (Phi) is 6.40. The zero-order valence-corrected chi connectivity index (χ0v) is 17.7. The number of alkyl carbamates (subject to hydrolysis) is 1. The fourth-order valence-electron chi connectivity index (χ4n) is 3.11. The number of anilines is 1. The van der Waals surface area contributed by atoms with Crippen LogP contribution in [0.25, 0.3) is 0 Å². The van der Waals surface area contributed by atoms with Gasteiger partial charge in [0.05, 0.1) is 12.8 Å². The van der Waals surface area contributed by atoms with E-state index < -0.39 is 23.6 Å². The van der Waals surface area contributed by atoms with E-state index in [1.807, 2.05) is 0 Å². The highest BCUT2D eigenvalue weighted by atomic mass is 35.5. The van der Waals surface area contributed by atoms with Gasteiger partial charge in [-0.3, -0.25) is 4.79 Å². The highest BCUT2D eigenvalue weighted by molar-refractivity contribution is 6.31. The van der Waals surface area contributed by atoms with Crippen molar-refractivity contribution in [1.82, 2.24) is 5.32 Å². The predicted octanol–water partition coefficient (Wildman–Crippen LogP) is 3.80. The summed E-state index contributed by atoms with van der Waals surface area (Å²) < 4.78 is 23.6. The first-order valence-electron chi connectivity index (χ1n) is 8.93.